The summed E-state index contributed by atoms with van der Waals surface area (Å²) in [6, 6.07) is 0. The van der Waals surface area contributed by atoms with Crippen LogP contribution in [0.1, 0.15) is 12.0 Å². The number of halogens is 1. The third-order valence-corrected chi connectivity index (χ3v) is 4.02. The maximum Gasteiger partial charge on any atom is 0.328 e. The Morgan fingerprint density at radius 3 is 2.79 bits per heavy atom. The lowest BCUT2D eigenvalue weighted by molar-refractivity contribution is 0.156. The van der Waals surface area contributed by atoms with E-state index < -0.39 is 16.7 Å². The summed E-state index contributed by atoms with van der Waals surface area (Å²) in [6.07, 6.45) is 3.78. The van der Waals surface area contributed by atoms with Gasteiger partial charge in [-0.1, -0.05) is 22.6 Å². The number of aliphatic hydroxyl groups excluding tert-OH is 2. The number of hydrogen-bond donors (Lipinski definition) is 3. The molecule has 1 aromatic heterocycles. The van der Waals surface area contributed by atoms with Crippen LogP contribution in [-0.4, -0.2) is 33.0 Å². The highest BCUT2D eigenvalue weighted by Crippen LogP contribution is 2.52. The summed E-state index contributed by atoms with van der Waals surface area (Å²) in [5, 5.41) is 18.6. The van der Waals surface area contributed by atoms with Crippen LogP contribution in [0.25, 0.3) is 6.08 Å². The Kier molecular flexibility index (Phi) is 4.26. The topological polar surface area (TPSA) is 95.3 Å². The van der Waals surface area contributed by atoms with Crippen LogP contribution in [0, 0.1) is 11.3 Å². The highest BCUT2D eigenvalue weighted by atomic mass is 127. The van der Waals surface area contributed by atoms with Gasteiger partial charge in [-0.3, -0.25) is 14.3 Å². The molecule has 0 aromatic carbocycles. The molecular formula is C12H15IN2O4. The van der Waals surface area contributed by atoms with E-state index in [-0.39, 0.29) is 19.1 Å². The van der Waals surface area contributed by atoms with Crippen molar-refractivity contribution in [1.82, 2.24) is 9.55 Å². The van der Waals surface area contributed by atoms with Gasteiger partial charge in [0.05, 0.1) is 12.2 Å². The molecule has 1 saturated carbocycles. The van der Waals surface area contributed by atoms with Gasteiger partial charge in [-0.25, -0.2) is 4.79 Å². The Bertz CT molecular complexity index is 606. The van der Waals surface area contributed by atoms with Crippen molar-refractivity contribution in [2.45, 2.75) is 13.0 Å². The Hall–Kier alpha value is -0.930. The van der Waals surface area contributed by atoms with E-state index in [1.807, 2.05) is 22.6 Å². The van der Waals surface area contributed by atoms with E-state index in [4.69, 9.17) is 5.11 Å². The number of aromatic nitrogens is 2. The maximum absolute atomic E-state index is 11.8. The Morgan fingerprint density at radius 1 is 1.53 bits per heavy atom. The molecule has 1 aromatic rings. The zero-order valence-corrected chi connectivity index (χ0v) is 12.3. The van der Waals surface area contributed by atoms with Crippen molar-refractivity contribution in [2.24, 2.45) is 11.3 Å². The van der Waals surface area contributed by atoms with Crippen molar-refractivity contribution in [3.63, 3.8) is 0 Å². The highest BCUT2D eigenvalue weighted by Gasteiger charge is 2.53. The molecule has 19 heavy (non-hydrogen) atoms. The average molecular weight is 378 g/mol. The zero-order chi connectivity index (χ0) is 14.0. The van der Waals surface area contributed by atoms with Crippen LogP contribution < -0.4 is 11.2 Å². The summed E-state index contributed by atoms with van der Waals surface area (Å²) in [5.41, 5.74) is -0.973. The van der Waals surface area contributed by atoms with E-state index in [9.17, 15) is 14.7 Å². The predicted molar refractivity (Wildman–Crippen MR) is 79.1 cm³/mol. The average Bonchev–Trinajstić information content (AvgIpc) is 3.09. The highest BCUT2D eigenvalue weighted by molar-refractivity contribution is 14.1. The largest absolute Gasteiger partial charge is 0.396 e. The van der Waals surface area contributed by atoms with Crippen LogP contribution in [0.3, 0.4) is 0 Å². The molecule has 1 heterocycles. The van der Waals surface area contributed by atoms with Crippen LogP contribution in [0.2, 0.25) is 0 Å². The van der Waals surface area contributed by atoms with Crippen LogP contribution in [-0.2, 0) is 6.54 Å². The van der Waals surface area contributed by atoms with E-state index in [2.05, 4.69) is 4.98 Å². The van der Waals surface area contributed by atoms with Gasteiger partial charge >= 0.3 is 5.69 Å². The number of aliphatic hydroxyl groups is 2. The molecule has 0 unspecified atom stereocenters. The fourth-order valence-electron chi connectivity index (χ4n) is 2.30. The first kappa shape index (κ1) is 14.5. The summed E-state index contributed by atoms with van der Waals surface area (Å²) in [7, 11) is 0. The SMILES string of the molecule is O=c1[nH]c(=O)n(C[C@]2(CO)C[C@H]2CO)cc1C=CI. The first-order chi connectivity index (χ1) is 9.06. The fraction of sp³-hybridized carbons (Fsp3) is 0.500. The number of hydrogen-bond acceptors (Lipinski definition) is 4. The lowest BCUT2D eigenvalue weighted by Crippen LogP contribution is -2.34. The predicted octanol–water partition coefficient (Wildman–Crippen LogP) is -0.0668. The van der Waals surface area contributed by atoms with Crippen molar-refractivity contribution in [2.75, 3.05) is 13.2 Å². The lowest BCUT2D eigenvalue weighted by atomic mass is 10.1. The summed E-state index contributed by atoms with van der Waals surface area (Å²) in [5.74, 6) is 0.0138. The standard InChI is InChI=1S/C12H15IN2O4/c13-2-1-8-4-15(11(19)14-10(8)18)6-12(7-17)3-9(12)5-16/h1-2,4,9,16-17H,3,5-7H2,(H,14,18,19)/t9-,12-/m0/s1. The van der Waals surface area contributed by atoms with Gasteiger partial charge < -0.3 is 10.2 Å². The Labute approximate surface area is 122 Å². The third kappa shape index (κ3) is 2.82. The number of aromatic amines is 1. The van der Waals surface area contributed by atoms with Crippen molar-refractivity contribution in [3.8, 4) is 0 Å². The summed E-state index contributed by atoms with van der Waals surface area (Å²) in [4.78, 5) is 25.5. The van der Waals surface area contributed by atoms with Gasteiger partial charge in [0.2, 0.25) is 0 Å². The summed E-state index contributed by atoms with van der Waals surface area (Å²) >= 11 is 1.99. The molecule has 0 amide bonds. The quantitative estimate of drug-likeness (QED) is 0.626. The van der Waals surface area contributed by atoms with Gasteiger partial charge in [0.15, 0.2) is 0 Å². The smallest absolute Gasteiger partial charge is 0.328 e. The minimum Gasteiger partial charge on any atom is -0.396 e. The third-order valence-electron chi connectivity index (χ3n) is 3.66. The van der Waals surface area contributed by atoms with Crippen molar-refractivity contribution in [1.29, 1.82) is 0 Å². The second-order valence-corrected chi connectivity index (χ2v) is 5.59. The van der Waals surface area contributed by atoms with E-state index in [1.54, 1.807) is 10.2 Å². The first-order valence-electron chi connectivity index (χ1n) is 5.88. The van der Waals surface area contributed by atoms with Crippen LogP contribution >= 0.6 is 22.6 Å². The molecule has 104 valence electrons. The van der Waals surface area contributed by atoms with Crippen LogP contribution in [0.5, 0.6) is 0 Å². The van der Waals surface area contributed by atoms with Crippen molar-refractivity contribution < 1.29 is 10.2 Å². The monoisotopic (exact) mass is 378 g/mol. The molecule has 0 aliphatic heterocycles. The molecule has 0 spiro atoms. The van der Waals surface area contributed by atoms with Gasteiger partial charge in [0.1, 0.15) is 0 Å². The van der Waals surface area contributed by atoms with Crippen molar-refractivity contribution in [3.05, 3.63) is 36.7 Å². The van der Waals surface area contributed by atoms with Crippen molar-refractivity contribution >= 4 is 28.7 Å². The molecule has 1 aliphatic carbocycles. The molecule has 0 saturated heterocycles. The van der Waals surface area contributed by atoms with Gasteiger partial charge in [0, 0.05) is 24.8 Å². The fourth-order valence-corrected chi connectivity index (χ4v) is 2.68. The van der Waals surface area contributed by atoms with Gasteiger partial charge in [0.25, 0.3) is 5.56 Å². The minimum absolute atomic E-state index is 0.000819. The number of nitrogens with zero attached hydrogens (tertiary/aromatic N) is 1. The van der Waals surface area contributed by atoms with E-state index in [1.165, 1.54) is 10.8 Å². The van der Waals surface area contributed by atoms with Gasteiger partial charge in [-0.2, -0.15) is 0 Å². The van der Waals surface area contributed by atoms with E-state index in [0.717, 1.165) is 0 Å². The van der Waals surface area contributed by atoms with E-state index in [0.29, 0.717) is 18.5 Å². The number of H-pyrrole nitrogens is 1. The van der Waals surface area contributed by atoms with Gasteiger partial charge in [-0.05, 0) is 22.5 Å². The van der Waals surface area contributed by atoms with Gasteiger partial charge in [-0.15, -0.1) is 0 Å². The van der Waals surface area contributed by atoms with Crippen LogP contribution in [0.15, 0.2) is 19.9 Å². The molecule has 7 heteroatoms. The minimum atomic E-state index is -0.493. The lowest BCUT2D eigenvalue weighted by Gasteiger charge is -2.15. The molecule has 2 atom stereocenters. The maximum atomic E-state index is 11.8. The molecule has 1 fully saturated rings. The molecule has 0 bridgehead atoms. The summed E-state index contributed by atoms with van der Waals surface area (Å²) < 4.78 is 3.08. The Balaban J connectivity index is 2.33. The second-order valence-electron chi connectivity index (χ2n) is 4.87. The molecule has 1 aliphatic rings. The normalized spacial score (nSPS) is 25.9. The summed E-state index contributed by atoms with van der Waals surface area (Å²) in [6.45, 7) is 0.215. The molecular weight excluding hydrogens is 363 g/mol. The van der Waals surface area contributed by atoms with Crippen LogP contribution in [0.4, 0.5) is 0 Å². The molecule has 6 nitrogen and oxygen atoms in total. The second kappa shape index (κ2) is 5.59. The number of nitrogens with one attached hydrogen (secondary N) is 1. The zero-order valence-electron chi connectivity index (χ0n) is 10.2. The number of rotatable bonds is 5. The molecule has 3 N–H and O–H groups in total. The molecule has 0 radical (unpaired) electrons. The Morgan fingerprint density at radius 2 is 2.26 bits per heavy atom. The molecule has 2 rings (SSSR count). The first-order valence-corrected chi connectivity index (χ1v) is 7.13. The van der Waals surface area contributed by atoms with E-state index >= 15 is 0 Å².